The van der Waals surface area contributed by atoms with Crippen LogP contribution < -0.4 is 10.6 Å². The van der Waals surface area contributed by atoms with Crippen LogP contribution in [0.15, 0.2) is 42.5 Å². The Morgan fingerprint density at radius 3 is 2.28 bits per heavy atom. The fraction of sp³-hybridized carbons (Fsp3) is 0.588. The molecule has 2 saturated carbocycles. The average molecular weight is 598 g/mol. The van der Waals surface area contributed by atoms with E-state index < -0.39 is 23.7 Å². The topological polar surface area (TPSA) is 70.7 Å². The van der Waals surface area contributed by atoms with Gasteiger partial charge in [0.1, 0.15) is 0 Å². The van der Waals surface area contributed by atoms with Crippen molar-refractivity contribution in [2.24, 2.45) is 17.8 Å². The number of ether oxygens (including phenoxy) is 1. The Morgan fingerprint density at radius 2 is 1.58 bits per heavy atom. The summed E-state index contributed by atoms with van der Waals surface area (Å²) in [5.41, 5.74) is 1.38. The molecule has 2 aromatic carbocycles. The van der Waals surface area contributed by atoms with Crippen LogP contribution in [0.1, 0.15) is 86.9 Å². The van der Waals surface area contributed by atoms with Gasteiger partial charge in [-0.05, 0) is 93.2 Å². The zero-order valence-corrected chi connectivity index (χ0v) is 24.8. The largest absolute Gasteiger partial charge is 0.416 e. The molecule has 0 aromatic heterocycles. The zero-order valence-electron chi connectivity index (χ0n) is 24.8. The molecule has 232 valence electrons. The van der Waals surface area contributed by atoms with Crippen LogP contribution in [0.25, 0.3) is 0 Å². The highest BCUT2D eigenvalue weighted by atomic mass is 19.4. The first kappa shape index (κ1) is 30.0. The molecule has 4 atom stereocenters. The molecular formula is C34H42F3N3O3. The molecule has 6 rings (SSSR count). The summed E-state index contributed by atoms with van der Waals surface area (Å²) in [6.45, 7) is 2.50. The number of fused-ring (bicyclic) bond motifs is 1. The van der Waals surface area contributed by atoms with Crippen molar-refractivity contribution in [2.45, 2.75) is 95.4 Å². The van der Waals surface area contributed by atoms with Crippen molar-refractivity contribution < 1.29 is 27.5 Å². The minimum atomic E-state index is -4.52. The van der Waals surface area contributed by atoms with E-state index in [0.717, 1.165) is 49.4 Å². The second kappa shape index (κ2) is 12.5. The summed E-state index contributed by atoms with van der Waals surface area (Å²) in [6.07, 6.45) is 4.98. The number of aryl methyl sites for hydroxylation is 1. The third-order valence-electron chi connectivity index (χ3n) is 10.2. The number of benzene rings is 2. The highest BCUT2D eigenvalue weighted by Crippen LogP contribution is 2.49. The van der Waals surface area contributed by atoms with Gasteiger partial charge < -0.3 is 20.3 Å². The summed E-state index contributed by atoms with van der Waals surface area (Å²) in [6, 6.07) is 12.1. The highest BCUT2D eigenvalue weighted by molar-refractivity contribution is 5.94. The molecule has 9 heteroatoms. The number of rotatable bonds is 6. The van der Waals surface area contributed by atoms with E-state index in [1.165, 1.54) is 31.9 Å². The number of nitrogens with zero attached hydrogens (tertiary/aromatic N) is 1. The number of anilines is 2. The fourth-order valence-corrected chi connectivity index (χ4v) is 7.94. The molecule has 2 saturated heterocycles. The first-order chi connectivity index (χ1) is 20.7. The number of amides is 2. The first-order valence-electron chi connectivity index (χ1n) is 15.9. The number of alkyl halides is 3. The third kappa shape index (κ3) is 6.42. The maximum atomic E-state index is 14.3. The van der Waals surface area contributed by atoms with Gasteiger partial charge in [0.25, 0.3) is 0 Å². The molecular weight excluding hydrogens is 555 g/mol. The van der Waals surface area contributed by atoms with E-state index in [1.54, 1.807) is 0 Å². The summed E-state index contributed by atoms with van der Waals surface area (Å²) in [5.74, 6) is -0.833. The van der Waals surface area contributed by atoms with E-state index in [4.69, 9.17) is 4.74 Å². The summed E-state index contributed by atoms with van der Waals surface area (Å²) in [7, 11) is 0. The van der Waals surface area contributed by atoms with Gasteiger partial charge in [-0.2, -0.15) is 13.2 Å². The predicted octanol–water partition coefficient (Wildman–Crippen LogP) is 7.49. The molecule has 0 bridgehead atoms. The summed E-state index contributed by atoms with van der Waals surface area (Å²) in [5, 5.41) is 6.44. The number of carbonyl (C=O) groups is 2. The minimum absolute atomic E-state index is 0.0527. The Labute approximate surface area is 251 Å². The van der Waals surface area contributed by atoms with Gasteiger partial charge in [0.2, 0.25) is 11.8 Å². The quantitative estimate of drug-likeness (QED) is 0.362. The number of nitrogens with one attached hydrogen (secondary N) is 2. The van der Waals surface area contributed by atoms with Crippen LogP contribution in [0, 0.1) is 24.7 Å². The van der Waals surface area contributed by atoms with Gasteiger partial charge in [-0.1, -0.05) is 37.5 Å². The predicted molar refractivity (Wildman–Crippen MR) is 159 cm³/mol. The van der Waals surface area contributed by atoms with Crippen LogP contribution in [-0.2, 0) is 20.5 Å². The highest BCUT2D eigenvalue weighted by Gasteiger charge is 2.50. The van der Waals surface area contributed by atoms with Crippen molar-refractivity contribution >= 4 is 23.2 Å². The molecule has 2 amide bonds. The molecule has 4 unspecified atom stereocenters. The van der Waals surface area contributed by atoms with Crippen LogP contribution in [0.4, 0.5) is 24.5 Å². The van der Waals surface area contributed by atoms with Crippen molar-refractivity contribution in [1.29, 1.82) is 0 Å². The monoisotopic (exact) mass is 597 g/mol. The number of carbonyl (C=O) groups excluding carboxylic acids is 2. The lowest BCUT2D eigenvalue weighted by molar-refractivity contribution is -0.152. The number of hydrogen-bond acceptors (Lipinski definition) is 4. The van der Waals surface area contributed by atoms with E-state index in [0.29, 0.717) is 38.5 Å². The van der Waals surface area contributed by atoms with Crippen LogP contribution in [-0.4, -0.2) is 42.0 Å². The Balaban J connectivity index is 1.34. The summed E-state index contributed by atoms with van der Waals surface area (Å²) < 4.78 is 46.5. The Bertz CT molecular complexity index is 1300. The molecule has 0 spiro atoms. The number of piperidine rings is 1. The van der Waals surface area contributed by atoms with Crippen molar-refractivity contribution in [3.8, 4) is 0 Å². The van der Waals surface area contributed by atoms with Crippen molar-refractivity contribution in [1.82, 2.24) is 4.90 Å². The fourth-order valence-electron chi connectivity index (χ4n) is 7.94. The molecule has 2 aliphatic heterocycles. The molecule has 6 nitrogen and oxygen atoms in total. The van der Waals surface area contributed by atoms with Crippen molar-refractivity contribution in [3.05, 3.63) is 59.2 Å². The first-order valence-corrected chi connectivity index (χ1v) is 15.9. The van der Waals surface area contributed by atoms with E-state index in [2.05, 4.69) is 10.6 Å². The van der Waals surface area contributed by atoms with E-state index in [9.17, 15) is 22.8 Å². The van der Waals surface area contributed by atoms with Gasteiger partial charge in [0.05, 0.1) is 17.5 Å². The summed E-state index contributed by atoms with van der Waals surface area (Å²) in [4.78, 5) is 30.4. The Hall–Kier alpha value is -3.07. The van der Waals surface area contributed by atoms with Gasteiger partial charge >= 0.3 is 6.18 Å². The normalized spacial score (nSPS) is 26.7. The van der Waals surface area contributed by atoms with Crippen LogP contribution in [0.5, 0.6) is 0 Å². The lowest BCUT2D eigenvalue weighted by atomic mass is 9.75. The lowest BCUT2D eigenvalue weighted by Gasteiger charge is -2.49. The zero-order chi connectivity index (χ0) is 30.1. The number of hydrogen-bond donors (Lipinski definition) is 2. The van der Waals surface area contributed by atoms with Crippen LogP contribution in [0.3, 0.4) is 0 Å². The van der Waals surface area contributed by atoms with E-state index in [-0.39, 0.29) is 40.9 Å². The molecule has 2 aliphatic carbocycles. The van der Waals surface area contributed by atoms with Gasteiger partial charge in [-0.15, -0.1) is 0 Å². The Morgan fingerprint density at radius 1 is 0.884 bits per heavy atom. The van der Waals surface area contributed by atoms with Crippen LogP contribution in [0.2, 0.25) is 0 Å². The maximum Gasteiger partial charge on any atom is 0.416 e. The second-order valence-electron chi connectivity index (χ2n) is 12.9. The van der Waals surface area contributed by atoms with Crippen molar-refractivity contribution in [2.75, 3.05) is 23.8 Å². The minimum Gasteiger partial charge on any atom is -0.382 e. The number of likely N-dealkylation sites (tertiary alicyclic amines) is 1. The molecule has 2 heterocycles. The Kier molecular flexibility index (Phi) is 8.72. The maximum absolute atomic E-state index is 14.3. The van der Waals surface area contributed by atoms with E-state index >= 15 is 0 Å². The standard InChI is InChI=1S/C34H42F3N3O3/c1-21-9-12-27(20-29(21)34(35,36)37)39-32(41)28-19-24-5-4-8-30(24)40(33(42)23-15-17-43-18-16-23)31(28)22-10-13-26(14-11-22)38-25-6-2-3-7-25/h9-14,20,23-25,28,30-31,38H,2-8,15-19H2,1H3,(H,39,41). The van der Waals surface area contributed by atoms with Crippen molar-refractivity contribution in [3.63, 3.8) is 0 Å². The molecule has 43 heavy (non-hydrogen) atoms. The van der Waals surface area contributed by atoms with E-state index in [1.807, 2.05) is 29.2 Å². The summed E-state index contributed by atoms with van der Waals surface area (Å²) >= 11 is 0. The molecule has 0 radical (unpaired) electrons. The van der Waals surface area contributed by atoms with Gasteiger partial charge in [0.15, 0.2) is 0 Å². The molecule has 2 N–H and O–H groups in total. The number of halogens is 3. The molecule has 4 fully saturated rings. The SMILES string of the molecule is Cc1ccc(NC(=O)C2CC3CCCC3N(C(=O)C3CCOCC3)C2c2ccc(NC3CCCC3)cc2)cc1C(F)(F)F. The average Bonchev–Trinajstić information content (AvgIpc) is 3.69. The van der Waals surface area contributed by atoms with Gasteiger partial charge in [-0.3, -0.25) is 9.59 Å². The second-order valence-corrected chi connectivity index (χ2v) is 12.9. The van der Waals surface area contributed by atoms with Gasteiger partial charge in [-0.25, -0.2) is 0 Å². The smallest absolute Gasteiger partial charge is 0.382 e. The lowest BCUT2D eigenvalue weighted by Crippen LogP contribution is -2.55. The third-order valence-corrected chi connectivity index (χ3v) is 10.2. The molecule has 4 aliphatic rings. The van der Waals surface area contributed by atoms with Gasteiger partial charge in [0, 0.05) is 42.6 Å². The van der Waals surface area contributed by atoms with Crippen LogP contribution >= 0.6 is 0 Å². The molecule has 2 aromatic rings.